The predicted molar refractivity (Wildman–Crippen MR) is 68.6 cm³/mol. The van der Waals surface area contributed by atoms with E-state index in [0.29, 0.717) is 25.7 Å². The maximum atomic E-state index is 8.17. The molecule has 0 aromatic carbocycles. The van der Waals surface area contributed by atoms with Crippen molar-refractivity contribution in [3.05, 3.63) is 0 Å². The van der Waals surface area contributed by atoms with Crippen LogP contribution in [0, 0.1) is 45.3 Å². The average Bonchev–Trinajstić information content (AvgIpc) is 2.40. The van der Waals surface area contributed by atoms with E-state index in [1.807, 2.05) is 12.1 Å². The van der Waals surface area contributed by atoms with Crippen molar-refractivity contribution in [2.75, 3.05) is 0 Å². The molecule has 0 spiro atoms. The lowest BCUT2D eigenvalue weighted by molar-refractivity contribution is 0.657. The van der Waals surface area contributed by atoms with E-state index in [0.717, 1.165) is 38.5 Å². The molecule has 4 nitrogen and oxygen atoms in total. The van der Waals surface area contributed by atoms with Crippen molar-refractivity contribution in [3.63, 3.8) is 0 Å². The normalized spacial score (nSPS) is 7.78. The molecule has 0 heterocycles. The van der Waals surface area contributed by atoms with Gasteiger partial charge in [0.05, 0.1) is 24.3 Å². The van der Waals surface area contributed by atoms with Crippen molar-refractivity contribution in [1.82, 2.24) is 0 Å². The maximum Gasteiger partial charge on any atom is 0.0621 e. The van der Waals surface area contributed by atoms with Gasteiger partial charge in [0.1, 0.15) is 0 Å². The topological polar surface area (TPSA) is 95.2 Å². The quantitative estimate of drug-likeness (QED) is 0.603. The van der Waals surface area contributed by atoms with Gasteiger partial charge in [0, 0.05) is 25.7 Å². The van der Waals surface area contributed by atoms with Gasteiger partial charge in [-0.3, -0.25) is 0 Å². The van der Waals surface area contributed by atoms with Crippen LogP contribution < -0.4 is 0 Å². The van der Waals surface area contributed by atoms with Gasteiger partial charge in [0.2, 0.25) is 0 Å². The Morgan fingerprint density at radius 1 is 0.389 bits per heavy atom. The molecule has 0 atom stereocenters. The molecule has 0 aliphatic heterocycles. The third kappa shape index (κ3) is 23.6. The second kappa shape index (κ2) is 20.4. The van der Waals surface area contributed by atoms with E-state index in [1.54, 1.807) is 0 Å². The Labute approximate surface area is 110 Å². The summed E-state index contributed by atoms with van der Waals surface area (Å²) in [6.07, 6.45) is 8.38. The highest BCUT2D eigenvalue weighted by molar-refractivity contribution is 4.72. The Bertz CT molecular complexity index is 288. The molecule has 0 radical (unpaired) electrons. The summed E-state index contributed by atoms with van der Waals surface area (Å²) >= 11 is 0. The standard InChI is InChI=1S/C8H12N2.C6H8N2/c9-7-5-3-1-2-4-6-8-10;7-5-3-1-2-4-6-8/h1-6H2;1-4H2. The predicted octanol–water partition coefficient (Wildman–Crippen LogP) is 3.97. The molecule has 18 heavy (non-hydrogen) atoms. The van der Waals surface area contributed by atoms with Gasteiger partial charge in [0.25, 0.3) is 0 Å². The number of unbranched alkanes of at least 4 members (excludes halogenated alkanes) is 8. The monoisotopic (exact) mass is 244 g/mol. The zero-order valence-electron chi connectivity index (χ0n) is 10.9. The first-order valence-corrected chi connectivity index (χ1v) is 6.31. The first-order valence-electron chi connectivity index (χ1n) is 6.31. The van der Waals surface area contributed by atoms with Crippen molar-refractivity contribution in [2.24, 2.45) is 0 Å². The second-order valence-corrected chi connectivity index (χ2v) is 3.75. The van der Waals surface area contributed by atoms with Crippen LogP contribution in [0.15, 0.2) is 0 Å². The Morgan fingerprint density at radius 2 is 0.611 bits per heavy atom. The lowest BCUT2D eigenvalue weighted by Crippen LogP contribution is -1.76. The third-order valence-corrected chi connectivity index (χ3v) is 2.15. The van der Waals surface area contributed by atoms with E-state index in [9.17, 15) is 0 Å². The van der Waals surface area contributed by atoms with E-state index >= 15 is 0 Å². The van der Waals surface area contributed by atoms with Crippen LogP contribution in [-0.4, -0.2) is 0 Å². The van der Waals surface area contributed by atoms with Crippen LogP contribution in [0.4, 0.5) is 0 Å². The molecule has 0 saturated carbocycles. The number of nitrogens with zero attached hydrogens (tertiary/aromatic N) is 4. The van der Waals surface area contributed by atoms with Gasteiger partial charge in [-0.25, -0.2) is 0 Å². The van der Waals surface area contributed by atoms with Crippen LogP contribution in [-0.2, 0) is 0 Å². The van der Waals surface area contributed by atoms with Crippen LogP contribution in [0.3, 0.4) is 0 Å². The van der Waals surface area contributed by atoms with Crippen molar-refractivity contribution < 1.29 is 0 Å². The molecule has 0 fully saturated rings. The Hall–Kier alpha value is -2.04. The van der Waals surface area contributed by atoms with Gasteiger partial charge in [-0.05, 0) is 25.7 Å². The maximum absolute atomic E-state index is 8.17. The van der Waals surface area contributed by atoms with E-state index in [2.05, 4.69) is 12.1 Å². The number of hydrogen-bond acceptors (Lipinski definition) is 4. The zero-order chi connectivity index (χ0) is 13.9. The van der Waals surface area contributed by atoms with Crippen molar-refractivity contribution in [3.8, 4) is 24.3 Å². The van der Waals surface area contributed by atoms with Gasteiger partial charge < -0.3 is 0 Å². The van der Waals surface area contributed by atoms with E-state index in [-0.39, 0.29) is 0 Å². The van der Waals surface area contributed by atoms with Crippen molar-refractivity contribution in [1.29, 1.82) is 21.0 Å². The summed E-state index contributed by atoms with van der Waals surface area (Å²) in [6, 6.07) is 8.22. The van der Waals surface area contributed by atoms with E-state index < -0.39 is 0 Å². The summed E-state index contributed by atoms with van der Waals surface area (Å²) in [7, 11) is 0. The highest BCUT2D eigenvalue weighted by Crippen LogP contribution is 2.03. The van der Waals surface area contributed by atoms with E-state index in [4.69, 9.17) is 21.0 Å². The molecule has 0 N–H and O–H groups in total. The van der Waals surface area contributed by atoms with E-state index in [1.165, 1.54) is 0 Å². The fourth-order valence-electron chi connectivity index (χ4n) is 1.17. The van der Waals surface area contributed by atoms with Crippen LogP contribution in [0.5, 0.6) is 0 Å². The molecule has 0 aromatic rings. The highest BCUT2D eigenvalue weighted by atomic mass is 14.2. The molecule has 0 unspecified atom stereocenters. The van der Waals surface area contributed by atoms with Crippen LogP contribution in [0.2, 0.25) is 0 Å². The summed E-state index contributed by atoms with van der Waals surface area (Å²) in [5, 5.41) is 32.4. The van der Waals surface area contributed by atoms with Crippen LogP contribution in [0.25, 0.3) is 0 Å². The van der Waals surface area contributed by atoms with Crippen molar-refractivity contribution >= 4 is 0 Å². The van der Waals surface area contributed by atoms with Crippen molar-refractivity contribution in [2.45, 2.75) is 64.2 Å². The number of nitriles is 4. The first-order chi connectivity index (χ1) is 8.83. The zero-order valence-corrected chi connectivity index (χ0v) is 10.9. The molecule has 0 aliphatic carbocycles. The summed E-state index contributed by atoms with van der Waals surface area (Å²) in [5.41, 5.74) is 0. The van der Waals surface area contributed by atoms with Crippen LogP contribution >= 0.6 is 0 Å². The molecule has 0 aromatic heterocycles. The minimum absolute atomic E-state index is 0.585. The molecule has 0 rings (SSSR count). The van der Waals surface area contributed by atoms with Gasteiger partial charge in [-0.1, -0.05) is 12.8 Å². The molecule has 0 saturated heterocycles. The Kier molecular flexibility index (Phi) is 20.8. The summed E-state index contributed by atoms with van der Waals surface area (Å²) in [5.74, 6) is 0. The molecular formula is C14H20N4. The second-order valence-electron chi connectivity index (χ2n) is 3.75. The lowest BCUT2D eigenvalue weighted by Gasteiger charge is -1.92. The summed E-state index contributed by atoms with van der Waals surface area (Å²) in [4.78, 5) is 0. The average molecular weight is 244 g/mol. The number of rotatable bonds is 8. The molecule has 0 amide bonds. The minimum Gasteiger partial charge on any atom is -0.198 e. The molecule has 0 aliphatic rings. The summed E-state index contributed by atoms with van der Waals surface area (Å²) in [6.45, 7) is 0. The van der Waals surface area contributed by atoms with Gasteiger partial charge >= 0.3 is 0 Å². The van der Waals surface area contributed by atoms with Gasteiger partial charge in [-0.15, -0.1) is 0 Å². The molecule has 96 valence electrons. The fraction of sp³-hybridized carbons (Fsp3) is 0.714. The number of hydrogen-bond donors (Lipinski definition) is 0. The molecular weight excluding hydrogens is 224 g/mol. The summed E-state index contributed by atoms with van der Waals surface area (Å²) < 4.78 is 0. The molecule has 0 bridgehead atoms. The first kappa shape index (κ1) is 18.3. The van der Waals surface area contributed by atoms with Crippen LogP contribution in [0.1, 0.15) is 64.2 Å². The Morgan fingerprint density at radius 3 is 0.833 bits per heavy atom. The SMILES string of the molecule is N#CCCCCC#N.N#CCCCCCCC#N. The molecule has 4 heteroatoms. The fourth-order valence-corrected chi connectivity index (χ4v) is 1.17. The Balaban J connectivity index is 0. The largest absolute Gasteiger partial charge is 0.198 e. The minimum atomic E-state index is 0.585. The smallest absolute Gasteiger partial charge is 0.0621 e. The highest BCUT2D eigenvalue weighted by Gasteiger charge is 1.87. The van der Waals surface area contributed by atoms with Gasteiger partial charge in [0.15, 0.2) is 0 Å². The third-order valence-electron chi connectivity index (χ3n) is 2.15. The van der Waals surface area contributed by atoms with Gasteiger partial charge in [-0.2, -0.15) is 21.0 Å². The lowest BCUT2D eigenvalue weighted by atomic mass is 10.1.